The summed E-state index contributed by atoms with van der Waals surface area (Å²) in [4.78, 5) is 16.4. The van der Waals surface area contributed by atoms with Crippen LogP contribution >= 0.6 is 0 Å². The van der Waals surface area contributed by atoms with Crippen molar-refractivity contribution in [3.63, 3.8) is 0 Å². The number of anilines is 1. The van der Waals surface area contributed by atoms with E-state index in [2.05, 4.69) is 29.5 Å². The second-order valence-electron chi connectivity index (χ2n) is 5.35. The molecule has 1 atom stereocenters. The molecule has 0 radical (unpaired) electrons. The van der Waals surface area contributed by atoms with Crippen LogP contribution in [-0.2, 0) is 0 Å². The molecule has 0 aromatic carbocycles. The van der Waals surface area contributed by atoms with Gasteiger partial charge in [-0.2, -0.15) is 0 Å². The predicted octanol–water partition coefficient (Wildman–Crippen LogP) is 2.68. The first kappa shape index (κ1) is 13.8. The molecule has 0 aliphatic heterocycles. The number of pyridine rings is 1. The summed E-state index contributed by atoms with van der Waals surface area (Å²) in [5, 5.41) is 6.21. The van der Waals surface area contributed by atoms with Crippen LogP contribution in [0.1, 0.15) is 43.5 Å². The summed E-state index contributed by atoms with van der Waals surface area (Å²) in [5.74, 6) is 2.04. The fourth-order valence-electron chi connectivity index (χ4n) is 2.15. The van der Waals surface area contributed by atoms with Crippen molar-refractivity contribution < 1.29 is 4.79 Å². The zero-order chi connectivity index (χ0) is 13.7. The molecule has 1 amide bonds. The molecule has 1 saturated carbocycles. The Kier molecular flexibility index (Phi) is 4.77. The van der Waals surface area contributed by atoms with Gasteiger partial charge < -0.3 is 10.6 Å². The molecule has 1 aromatic rings. The van der Waals surface area contributed by atoms with Gasteiger partial charge in [0.2, 0.25) is 0 Å². The summed E-state index contributed by atoms with van der Waals surface area (Å²) in [7, 11) is 0. The maximum Gasteiger partial charge on any atom is 0.255 e. The number of amides is 1. The van der Waals surface area contributed by atoms with E-state index in [0.717, 1.165) is 25.4 Å². The number of nitrogens with zero attached hydrogens (tertiary/aromatic N) is 1. The van der Waals surface area contributed by atoms with E-state index in [1.165, 1.54) is 12.8 Å². The van der Waals surface area contributed by atoms with Crippen LogP contribution in [0.2, 0.25) is 0 Å². The minimum atomic E-state index is -0.0285. The molecule has 0 bridgehead atoms. The second kappa shape index (κ2) is 6.55. The highest BCUT2D eigenvalue weighted by atomic mass is 16.1. The van der Waals surface area contributed by atoms with Crippen molar-refractivity contribution in [2.45, 2.75) is 33.1 Å². The topological polar surface area (TPSA) is 54.0 Å². The van der Waals surface area contributed by atoms with Crippen LogP contribution in [0.4, 0.5) is 5.82 Å². The van der Waals surface area contributed by atoms with Crippen LogP contribution in [0.3, 0.4) is 0 Å². The zero-order valence-corrected chi connectivity index (χ0v) is 11.8. The summed E-state index contributed by atoms with van der Waals surface area (Å²) in [5.41, 5.74) is 0.638. The third-order valence-corrected chi connectivity index (χ3v) is 3.61. The number of aromatic nitrogens is 1. The maximum atomic E-state index is 12.2. The van der Waals surface area contributed by atoms with E-state index in [9.17, 15) is 4.79 Å². The average Bonchev–Trinajstić information content (AvgIpc) is 3.27. The first-order chi connectivity index (χ1) is 9.22. The van der Waals surface area contributed by atoms with Crippen LogP contribution in [0.15, 0.2) is 18.3 Å². The number of nitrogens with one attached hydrogen (secondary N) is 2. The van der Waals surface area contributed by atoms with Gasteiger partial charge in [-0.25, -0.2) is 4.98 Å². The van der Waals surface area contributed by atoms with Gasteiger partial charge in [-0.15, -0.1) is 0 Å². The third-order valence-electron chi connectivity index (χ3n) is 3.61. The molecule has 0 spiro atoms. The Morgan fingerprint density at radius 1 is 1.53 bits per heavy atom. The predicted molar refractivity (Wildman–Crippen MR) is 77.2 cm³/mol. The van der Waals surface area contributed by atoms with Crippen LogP contribution in [0, 0.1) is 11.8 Å². The molecule has 19 heavy (non-hydrogen) atoms. The van der Waals surface area contributed by atoms with E-state index in [1.54, 1.807) is 12.3 Å². The average molecular weight is 261 g/mol. The normalized spacial score (nSPS) is 15.9. The Morgan fingerprint density at radius 2 is 2.32 bits per heavy atom. The highest BCUT2D eigenvalue weighted by molar-refractivity contribution is 5.98. The van der Waals surface area contributed by atoms with Crippen molar-refractivity contribution in [2.24, 2.45) is 11.8 Å². The smallest absolute Gasteiger partial charge is 0.255 e. The third kappa shape index (κ3) is 3.94. The largest absolute Gasteiger partial charge is 0.369 e. The van der Waals surface area contributed by atoms with Gasteiger partial charge in [0.05, 0.1) is 5.56 Å². The fraction of sp³-hybridized carbons (Fsp3) is 0.600. The maximum absolute atomic E-state index is 12.2. The van der Waals surface area contributed by atoms with Crippen LogP contribution < -0.4 is 10.6 Å². The van der Waals surface area contributed by atoms with E-state index in [1.807, 2.05) is 6.07 Å². The van der Waals surface area contributed by atoms with Gasteiger partial charge in [-0.05, 0) is 43.2 Å². The molecule has 2 rings (SSSR count). The molecular weight excluding hydrogens is 238 g/mol. The Labute approximate surface area is 115 Å². The first-order valence-corrected chi connectivity index (χ1v) is 7.19. The van der Waals surface area contributed by atoms with Gasteiger partial charge in [-0.3, -0.25) is 4.79 Å². The van der Waals surface area contributed by atoms with Crippen molar-refractivity contribution >= 4 is 11.7 Å². The first-order valence-electron chi connectivity index (χ1n) is 7.19. The Hall–Kier alpha value is -1.58. The summed E-state index contributed by atoms with van der Waals surface area (Å²) >= 11 is 0. The zero-order valence-electron chi connectivity index (χ0n) is 11.8. The van der Waals surface area contributed by atoms with Crippen molar-refractivity contribution in [2.75, 3.05) is 18.4 Å². The van der Waals surface area contributed by atoms with Gasteiger partial charge in [-0.1, -0.05) is 13.8 Å². The molecule has 0 saturated heterocycles. The molecule has 104 valence electrons. The lowest BCUT2D eigenvalue weighted by Gasteiger charge is -2.13. The number of rotatable bonds is 7. The quantitative estimate of drug-likeness (QED) is 0.793. The standard InChI is InChI=1S/C15H23N3O/c1-3-8-16-14-13(5-4-9-17-14)15(19)18-10-11(2)12-6-7-12/h4-5,9,11-12H,3,6-8,10H2,1-2H3,(H,16,17)(H,18,19). The SMILES string of the molecule is CCCNc1ncccc1C(=O)NCC(C)C1CC1. The van der Waals surface area contributed by atoms with Gasteiger partial charge in [0.25, 0.3) is 5.91 Å². The van der Waals surface area contributed by atoms with Crippen molar-refractivity contribution in [1.29, 1.82) is 0 Å². The molecule has 1 unspecified atom stereocenters. The van der Waals surface area contributed by atoms with Crippen molar-refractivity contribution in [3.05, 3.63) is 23.9 Å². The van der Waals surface area contributed by atoms with E-state index in [0.29, 0.717) is 17.3 Å². The number of carbonyl (C=O) groups excluding carboxylic acids is 1. The lowest BCUT2D eigenvalue weighted by atomic mass is 10.1. The highest BCUT2D eigenvalue weighted by Crippen LogP contribution is 2.36. The Balaban J connectivity index is 1.93. The van der Waals surface area contributed by atoms with E-state index >= 15 is 0 Å². The molecule has 1 aromatic heterocycles. The van der Waals surface area contributed by atoms with Crippen LogP contribution in [-0.4, -0.2) is 24.0 Å². The van der Waals surface area contributed by atoms with Gasteiger partial charge >= 0.3 is 0 Å². The molecule has 1 aliphatic carbocycles. The molecule has 2 N–H and O–H groups in total. The van der Waals surface area contributed by atoms with Crippen LogP contribution in [0.5, 0.6) is 0 Å². The molecule has 4 nitrogen and oxygen atoms in total. The summed E-state index contributed by atoms with van der Waals surface area (Å²) in [6, 6.07) is 3.62. The van der Waals surface area contributed by atoms with Gasteiger partial charge in [0, 0.05) is 19.3 Å². The number of hydrogen-bond acceptors (Lipinski definition) is 3. The molecule has 4 heteroatoms. The number of carbonyl (C=O) groups is 1. The minimum absolute atomic E-state index is 0.0285. The monoisotopic (exact) mass is 261 g/mol. The summed E-state index contributed by atoms with van der Waals surface area (Å²) in [6.07, 6.45) is 5.35. The van der Waals surface area contributed by atoms with E-state index < -0.39 is 0 Å². The van der Waals surface area contributed by atoms with E-state index in [-0.39, 0.29) is 5.91 Å². The fourth-order valence-corrected chi connectivity index (χ4v) is 2.15. The Morgan fingerprint density at radius 3 is 3.00 bits per heavy atom. The van der Waals surface area contributed by atoms with Crippen molar-refractivity contribution in [1.82, 2.24) is 10.3 Å². The summed E-state index contributed by atoms with van der Waals surface area (Å²) in [6.45, 7) is 5.88. The highest BCUT2D eigenvalue weighted by Gasteiger charge is 2.28. The second-order valence-corrected chi connectivity index (χ2v) is 5.35. The molecule has 1 fully saturated rings. The van der Waals surface area contributed by atoms with Gasteiger partial charge in [0.15, 0.2) is 0 Å². The lowest BCUT2D eigenvalue weighted by molar-refractivity contribution is 0.0947. The molecule has 1 aliphatic rings. The lowest BCUT2D eigenvalue weighted by Crippen LogP contribution is -2.29. The van der Waals surface area contributed by atoms with Gasteiger partial charge in [0.1, 0.15) is 5.82 Å². The van der Waals surface area contributed by atoms with Crippen LogP contribution in [0.25, 0.3) is 0 Å². The summed E-state index contributed by atoms with van der Waals surface area (Å²) < 4.78 is 0. The Bertz CT molecular complexity index is 429. The molecular formula is C15H23N3O. The molecule has 1 heterocycles. The van der Waals surface area contributed by atoms with Crippen molar-refractivity contribution in [3.8, 4) is 0 Å². The number of hydrogen-bond donors (Lipinski definition) is 2. The van der Waals surface area contributed by atoms with E-state index in [4.69, 9.17) is 0 Å². The minimum Gasteiger partial charge on any atom is -0.369 e.